The second-order valence-electron chi connectivity index (χ2n) is 5.73. The van der Waals surface area contributed by atoms with Crippen LogP contribution < -0.4 is 0 Å². The highest BCUT2D eigenvalue weighted by atomic mass is 14.0. The molecule has 0 N–H and O–H groups in total. The van der Waals surface area contributed by atoms with Crippen LogP contribution in [-0.4, -0.2) is 7.85 Å². The van der Waals surface area contributed by atoms with Gasteiger partial charge in [0.25, 0.3) is 0 Å². The molecule has 0 saturated carbocycles. The van der Waals surface area contributed by atoms with Gasteiger partial charge in [0.15, 0.2) is 0 Å². The third-order valence-corrected chi connectivity index (χ3v) is 3.72. The Bertz CT molecular complexity index is 175. The molecule has 0 unspecified atom stereocenters. The van der Waals surface area contributed by atoms with E-state index in [0.29, 0.717) is 0 Å². The smallest absolute Gasteiger partial charge is 0.0653 e. The van der Waals surface area contributed by atoms with Gasteiger partial charge in [0, 0.05) is 0 Å². The average Bonchev–Trinajstić information content (AvgIpc) is 2.43. The minimum Gasteiger partial charge on any atom is -0.0887 e. The molecule has 0 fully saturated rings. The molecule has 0 bridgehead atoms. The molecule has 0 aliphatic heterocycles. The van der Waals surface area contributed by atoms with Crippen molar-refractivity contribution in [3.05, 3.63) is 12.2 Å². The zero-order valence-corrected chi connectivity index (χ0v) is 13.3. The normalized spacial score (nSPS) is 11.4. The number of unbranched alkanes of at least 4 members (excludes halogenated alkanes) is 12. The molecular weight excluding hydrogens is 227 g/mol. The van der Waals surface area contributed by atoms with Crippen LogP contribution in [0.5, 0.6) is 0 Å². The number of rotatable bonds is 15. The summed E-state index contributed by atoms with van der Waals surface area (Å²) in [5.41, 5.74) is 0. The fourth-order valence-electron chi connectivity index (χ4n) is 2.39. The van der Waals surface area contributed by atoms with E-state index >= 15 is 0 Å². The monoisotopic (exact) mass is 262 g/mol. The third-order valence-electron chi connectivity index (χ3n) is 3.72. The minimum atomic E-state index is 0.862. The number of hydrogen-bond donors (Lipinski definition) is 0. The van der Waals surface area contributed by atoms with Gasteiger partial charge >= 0.3 is 0 Å². The van der Waals surface area contributed by atoms with E-state index < -0.39 is 0 Å². The van der Waals surface area contributed by atoms with Crippen molar-refractivity contribution in [1.29, 1.82) is 0 Å². The highest BCUT2D eigenvalue weighted by Gasteiger charge is 1.90. The Morgan fingerprint density at radius 1 is 0.579 bits per heavy atom. The third kappa shape index (κ3) is 17.8. The second-order valence-corrected chi connectivity index (χ2v) is 5.73. The fourth-order valence-corrected chi connectivity index (χ4v) is 2.39. The van der Waals surface area contributed by atoms with E-state index in [2.05, 4.69) is 19.1 Å². The Morgan fingerprint density at radius 2 is 1.00 bits per heavy atom. The van der Waals surface area contributed by atoms with Crippen LogP contribution in [0.15, 0.2) is 12.2 Å². The highest BCUT2D eigenvalue weighted by molar-refractivity contribution is 6.08. The molecule has 0 aromatic carbocycles. The van der Waals surface area contributed by atoms with Crippen molar-refractivity contribution in [1.82, 2.24) is 0 Å². The van der Waals surface area contributed by atoms with E-state index in [-0.39, 0.29) is 0 Å². The lowest BCUT2D eigenvalue weighted by molar-refractivity contribution is 0.606. The highest BCUT2D eigenvalue weighted by Crippen LogP contribution is 2.10. The maximum absolute atomic E-state index is 5.47. The quantitative estimate of drug-likeness (QED) is 0.177. The SMILES string of the molecule is [B]CCCCCCCC/C=C\CCCCCCCC. The average molecular weight is 262 g/mol. The summed E-state index contributed by atoms with van der Waals surface area (Å²) in [6, 6.07) is 0. The van der Waals surface area contributed by atoms with Gasteiger partial charge < -0.3 is 0 Å². The van der Waals surface area contributed by atoms with Crippen molar-refractivity contribution in [2.24, 2.45) is 0 Å². The summed E-state index contributed by atoms with van der Waals surface area (Å²) in [5.74, 6) is 0. The Labute approximate surface area is 123 Å². The van der Waals surface area contributed by atoms with Crippen molar-refractivity contribution in [3.8, 4) is 0 Å². The van der Waals surface area contributed by atoms with Crippen LogP contribution in [0.3, 0.4) is 0 Å². The maximum Gasteiger partial charge on any atom is 0.0653 e. The predicted octanol–water partition coefficient (Wildman–Crippen LogP) is 6.61. The molecular formula is C18H35B. The van der Waals surface area contributed by atoms with E-state index in [4.69, 9.17) is 7.85 Å². The lowest BCUT2D eigenvalue weighted by Gasteiger charge is -1.99. The lowest BCUT2D eigenvalue weighted by atomic mass is 9.98. The largest absolute Gasteiger partial charge is 0.0887 e. The molecule has 1 heteroatoms. The molecule has 0 rings (SSSR count). The summed E-state index contributed by atoms with van der Waals surface area (Å²) in [6.45, 7) is 2.28. The summed E-state index contributed by atoms with van der Waals surface area (Å²) in [4.78, 5) is 0. The topological polar surface area (TPSA) is 0 Å². The molecule has 0 aliphatic carbocycles. The molecule has 0 aliphatic rings. The van der Waals surface area contributed by atoms with Gasteiger partial charge in [-0.25, -0.2) is 0 Å². The van der Waals surface area contributed by atoms with Crippen molar-refractivity contribution in [2.45, 2.75) is 103 Å². The van der Waals surface area contributed by atoms with Gasteiger partial charge in [0.1, 0.15) is 0 Å². The number of allylic oxidation sites excluding steroid dienone is 2. The predicted molar refractivity (Wildman–Crippen MR) is 90.0 cm³/mol. The van der Waals surface area contributed by atoms with Gasteiger partial charge in [-0.1, -0.05) is 89.6 Å². The summed E-state index contributed by atoms with van der Waals surface area (Å²) in [6.07, 6.45) is 24.7. The maximum atomic E-state index is 5.47. The first-order valence-corrected chi connectivity index (χ1v) is 8.77. The van der Waals surface area contributed by atoms with Crippen LogP contribution in [0.4, 0.5) is 0 Å². The Hall–Kier alpha value is -0.195. The van der Waals surface area contributed by atoms with Crippen molar-refractivity contribution < 1.29 is 0 Å². The molecule has 0 spiro atoms. The molecule has 2 radical (unpaired) electrons. The van der Waals surface area contributed by atoms with Crippen LogP contribution in [0, 0.1) is 0 Å². The molecule has 0 saturated heterocycles. The van der Waals surface area contributed by atoms with Gasteiger partial charge in [0.05, 0.1) is 7.85 Å². The van der Waals surface area contributed by atoms with Crippen LogP contribution in [0.2, 0.25) is 6.32 Å². The zero-order chi connectivity index (χ0) is 14.0. The van der Waals surface area contributed by atoms with Crippen molar-refractivity contribution in [2.75, 3.05) is 0 Å². The molecule has 0 aromatic rings. The second kappa shape index (κ2) is 17.8. The molecule has 0 heterocycles. The Kier molecular flexibility index (Phi) is 17.6. The Balaban J connectivity index is 3.01. The fraction of sp³-hybridized carbons (Fsp3) is 0.889. The van der Waals surface area contributed by atoms with Gasteiger partial charge in [-0.3, -0.25) is 0 Å². The summed E-state index contributed by atoms with van der Waals surface area (Å²) in [5, 5.41) is 0. The molecule has 0 amide bonds. The van der Waals surface area contributed by atoms with Crippen molar-refractivity contribution >= 4 is 7.85 Å². The van der Waals surface area contributed by atoms with Crippen LogP contribution in [-0.2, 0) is 0 Å². The first kappa shape index (κ1) is 18.8. The van der Waals surface area contributed by atoms with Gasteiger partial charge in [-0.05, 0) is 25.7 Å². The summed E-state index contributed by atoms with van der Waals surface area (Å²) in [7, 11) is 5.47. The summed E-state index contributed by atoms with van der Waals surface area (Å²) >= 11 is 0. The van der Waals surface area contributed by atoms with Crippen LogP contribution >= 0.6 is 0 Å². The van der Waals surface area contributed by atoms with E-state index in [9.17, 15) is 0 Å². The van der Waals surface area contributed by atoms with Gasteiger partial charge in [0.2, 0.25) is 0 Å². The van der Waals surface area contributed by atoms with E-state index in [0.717, 1.165) is 6.32 Å². The minimum absolute atomic E-state index is 0.862. The standard InChI is InChI=1S/C18H35B/c1-2-3-4-5-6-7-8-9-10-11-12-13-14-15-16-17-18-19/h9-10H,2-8,11-18H2,1H3/b10-9-. The number of hydrogen-bond acceptors (Lipinski definition) is 0. The van der Waals surface area contributed by atoms with Crippen LogP contribution in [0.1, 0.15) is 96.8 Å². The zero-order valence-electron chi connectivity index (χ0n) is 13.3. The molecule has 0 atom stereocenters. The van der Waals surface area contributed by atoms with Crippen molar-refractivity contribution in [3.63, 3.8) is 0 Å². The summed E-state index contributed by atoms with van der Waals surface area (Å²) < 4.78 is 0. The van der Waals surface area contributed by atoms with E-state index in [1.807, 2.05) is 0 Å². The molecule has 110 valence electrons. The molecule has 0 nitrogen and oxygen atoms in total. The first-order chi connectivity index (χ1) is 9.41. The Morgan fingerprint density at radius 3 is 1.47 bits per heavy atom. The van der Waals surface area contributed by atoms with E-state index in [1.54, 1.807) is 0 Å². The molecule has 0 aromatic heterocycles. The van der Waals surface area contributed by atoms with Gasteiger partial charge in [-0.15, -0.1) is 0 Å². The van der Waals surface area contributed by atoms with Crippen LogP contribution in [0.25, 0.3) is 0 Å². The lowest BCUT2D eigenvalue weighted by Crippen LogP contribution is -1.80. The molecule has 19 heavy (non-hydrogen) atoms. The van der Waals surface area contributed by atoms with Gasteiger partial charge in [-0.2, -0.15) is 0 Å². The van der Waals surface area contributed by atoms with E-state index in [1.165, 1.54) is 89.9 Å². The first-order valence-electron chi connectivity index (χ1n) is 8.77.